The van der Waals surface area contributed by atoms with Gasteiger partial charge in [-0.1, -0.05) is 19.8 Å². The molecule has 1 nitrogen and oxygen atoms in total. The third-order valence-electron chi connectivity index (χ3n) is 2.58. The number of hydrogen-bond acceptors (Lipinski definition) is 1. The van der Waals surface area contributed by atoms with Gasteiger partial charge in [-0.3, -0.25) is 4.99 Å². The first-order valence-corrected chi connectivity index (χ1v) is 4.81. The van der Waals surface area contributed by atoms with Gasteiger partial charge in [-0.05, 0) is 37.8 Å². The lowest BCUT2D eigenvalue weighted by atomic mass is 9.73. The SMILES string of the molecule is CC=NCC1CC(CCC)C1. The van der Waals surface area contributed by atoms with Crippen LogP contribution in [0.4, 0.5) is 0 Å². The molecule has 0 saturated heterocycles. The van der Waals surface area contributed by atoms with Crippen molar-refractivity contribution in [1.29, 1.82) is 0 Å². The Morgan fingerprint density at radius 2 is 2.09 bits per heavy atom. The number of aliphatic imine (C=N–C) groups is 1. The molecule has 0 atom stereocenters. The molecule has 0 unspecified atom stereocenters. The Labute approximate surface area is 69.9 Å². The molecule has 0 aromatic heterocycles. The van der Waals surface area contributed by atoms with Crippen LogP contribution in [0.25, 0.3) is 0 Å². The summed E-state index contributed by atoms with van der Waals surface area (Å²) in [6.45, 7) is 5.36. The van der Waals surface area contributed by atoms with E-state index in [0.717, 1.165) is 18.4 Å². The summed E-state index contributed by atoms with van der Waals surface area (Å²) in [4.78, 5) is 4.26. The van der Waals surface area contributed by atoms with Crippen molar-refractivity contribution in [3.63, 3.8) is 0 Å². The van der Waals surface area contributed by atoms with Crippen molar-refractivity contribution in [2.75, 3.05) is 6.54 Å². The van der Waals surface area contributed by atoms with Crippen LogP contribution in [0.2, 0.25) is 0 Å². The summed E-state index contributed by atoms with van der Waals surface area (Å²) in [5, 5.41) is 0. The number of nitrogens with zero attached hydrogens (tertiary/aromatic N) is 1. The number of rotatable bonds is 4. The highest BCUT2D eigenvalue weighted by molar-refractivity contribution is 5.53. The second-order valence-corrected chi connectivity index (χ2v) is 3.62. The zero-order chi connectivity index (χ0) is 8.10. The molecule has 0 N–H and O–H groups in total. The van der Waals surface area contributed by atoms with Gasteiger partial charge in [-0.25, -0.2) is 0 Å². The predicted molar refractivity (Wildman–Crippen MR) is 50.2 cm³/mol. The zero-order valence-corrected chi connectivity index (χ0v) is 7.71. The van der Waals surface area contributed by atoms with Crippen LogP contribution < -0.4 is 0 Å². The second-order valence-electron chi connectivity index (χ2n) is 3.62. The van der Waals surface area contributed by atoms with Crippen molar-refractivity contribution in [3.05, 3.63) is 0 Å². The average Bonchev–Trinajstić information content (AvgIpc) is 1.94. The molecule has 0 spiro atoms. The highest BCUT2D eigenvalue weighted by Gasteiger charge is 2.27. The van der Waals surface area contributed by atoms with E-state index in [0.29, 0.717) is 0 Å². The fraction of sp³-hybridized carbons (Fsp3) is 0.900. The summed E-state index contributed by atoms with van der Waals surface area (Å²) in [7, 11) is 0. The van der Waals surface area contributed by atoms with E-state index in [9.17, 15) is 0 Å². The van der Waals surface area contributed by atoms with Gasteiger partial charge < -0.3 is 0 Å². The smallest absolute Gasteiger partial charge is 0.0413 e. The molecule has 1 aliphatic carbocycles. The van der Waals surface area contributed by atoms with Crippen LogP contribution in [-0.4, -0.2) is 12.8 Å². The van der Waals surface area contributed by atoms with Crippen LogP contribution in [0.1, 0.15) is 39.5 Å². The molecule has 0 aromatic rings. The van der Waals surface area contributed by atoms with E-state index in [1.165, 1.54) is 25.7 Å². The standard InChI is InChI=1S/C10H19N/c1-3-5-9-6-10(7-9)8-11-4-2/h4,9-10H,3,5-8H2,1-2H3. The maximum atomic E-state index is 4.26. The van der Waals surface area contributed by atoms with Crippen LogP contribution in [0.15, 0.2) is 4.99 Å². The molecule has 11 heavy (non-hydrogen) atoms. The summed E-state index contributed by atoms with van der Waals surface area (Å²) >= 11 is 0. The number of hydrogen-bond donors (Lipinski definition) is 0. The minimum atomic E-state index is 0.919. The summed E-state index contributed by atoms with van der Waals surface area (Å²) in [6, 6.07) is 0. The molecule has 1 saturated carbocycles. The van der Waals surface area contributed by atoms with Gasteiger partial charge in [-0.15, -0.1) is 0 Å². The molecule has 1 fully saturated rings. The summed E-state index contributed by atoms with van der Waals surface area (Å²) < 4.78 is 0. The van der Waals surface area contributed by atoms with Crippen LogP contribution in [-0.2, 0) is 0 Å². The van der Waals surface area contributed by atoms with Gasteiger partial charge in [0.15, 0.2) is 0 Å². The van der Waals surface area contributed by atoms with Crippen LogP contribution >= 0.6 is 0 Å². The Bertz CT molecular complexity index is 123. The largest absolute Gasteiger partial charge is 0.298 e. The van der Waals surface area contributed by atoms with E-state index >= 15 is 0 Å². The van der Waals surface area contributed by atoms with Gasteiger partial charge in [0.1, 0.15) is 0 Å². The Hall–Kier alpha value is -0.330. The maximum Gasteiger partial charge on any atom is 0.0413 e. The van der Waals surface area contributed by atoms with E-state index in [1.54, 1.807) is 0 Å². The summed E-state index contributed by atoms with van der Waals surface area (Å²) in [5.41, 5.74) is 0. The molecule has 0 bridgehead atoms. The average molecular weight is 153 g/mol. The van der Waals surface area contributed by atoms with E-state index < -0.39 is 0 Å². The van der Waals surface area contributed by atoms with Gasteiger partial charge in [0.25, 0.3) is 0 Å². The van der Waals surface area contributed by atoms with Gasteiger partial charge >= 0.3 is 0 Å². The summed E-state index contributed by atoms with van der Waals surface area (Å²) in [5.74, 6) is 1.96. The monoisotopic (exact) mass is 153 g/mol. The molecule has 64 valence electrons. The third-order valence-corrected chi connectivity index (χ3v) is 2.58. The van der Waals surface area contributed by atoms with Crippen molar-refractivity contribution in [2.45, 2.75) is 39.5 Å². The van der Waals surface area contributed by atoms with Crippen molar-refractivity contribution >= 4 is 6.21 Å². The normalized spacial score (nSPS) is 30.7. The van der Waals surface area contributed by atoms with Gasteiger partial charge in [-0.2, -0.15) is 0 Å². The lowest BCUT2D eigenvalue weighted by molar-refractivity contribution is 0.188. The fourth-order valence-electron chi connectivity index (χ4n) is 1.92. The minimum Gasteiger partial charge on any atom is -0.298 e. The van der Waals surface area contributed by atoms with Crippen molar-refractivity contribution in [3.8, 4) is 0 Å². The van der Waals surface area contributed by atoms with Crippen LogP contribution in [0.5, 0.6) is 0 Å². The predicted octanol–water partition coefficient (Wildman–Crippen LogP) is 2.90. The maximum absolute atomic E-state index is 4.26. The zero-order valence-electron chi connectivity index (χ0n) is 7.71. The fourth-order valence-corrected chi connectivity index (χ4v) is 1.92. The topological polar surface area (TPSA) is 12.4 Å². The van der Waals surface area contributed by atoms with E-state index in [1.807, 2.05) is 13.1 Å². The first-order valence-electron chi connectivity index (χ1n) is 4.81. The van der Waals surface area contributed by atoms with E-state index in [-0.39, 0.29) is 0 Å². The van der Waals surface area contributed by atoms with Crippen molar-refractivity contribution < 1.29 is 0 Å². The molecule has 1 rings (SSSR count). The van der Waals surface area contributed by atoms with E-state index in [2.05, 4.69) is 11.9 Å². The lowest BCUT2D eigenvalue weighted by Gasteiger charge is -2.34. The first kappa shape index (κ1) is 8.76. The molecule has 0 aliphatic heterocycles. The Balaban J connectivity index is 2.00. The van der Waals surface area contributed by atoms with E-state index in [4.69, 9.17) is 0 Å². The van der Waals surface area contributed by atoms with Crippen molar-refractivity contribution in [1.82, 2.24) is 0 Å². The highest BCUT2D eigenvalue weighted by atomic mass is 14.7. The first-order chi connectivity index (χ1) is 5.36. The Morgan fingerprint density at radius 1 is 1.36 bits per heavy atom. The lowest BCUT2D eigenvalue weighted by Crippen LogP contribution is -2.25. The van der Waals surface area contributed by atoms with Gasteiger partial charge in [0.05, 0.1) is 0 Å². The molecule has 0 amide bonds. The van der Waals surface area contributed by atoms with Crippen molar-refractivity contribution in [2.24, 2.45) is 16.8 Å². The Morgan fingerprint density at radius 3 is 2.64 bits per heavy atom. The van der Waals surface area contributed by atoms with Gasteiger partial charge in [0.2, 0.25) is 0 Å². The molecule has 0 heterocycles. The van der Waals surface area contributed by atoms with Crippen LogP contribution in [0.3, 0.4) is 0 Å². The molecular weight excluding hydrogens is 134 g/mol. The molecule has 1 heteroatoms. The molecule has 0 aromatic carbocycles. The molecular formula is C10H19N. The second kappa shape index (κ2) is 4.53. The Kier molecular flexibility index (Phi) is 3.61. The van der Waals surface area contributed by atoms with Gasteiger partial charge in [0, 0.05) is 6.54 Å². The highest BCUT2D eigenvalue weighted by Crippen LogP contribution is 2.36. The van der Waals surface area contributed by atoms with Crippen LogP contribution in [0, 0.1) is 11.8 Å². The minimum absolute atomic E-state index is 0.919. The summed E-state index contributed by atoms with van der Waals surface area (Å²) in [6.07, 6.45) is 7.59. The molecule has 0 radical (unpaired) electrons. The quantitative estimate of drug-likeness (QED) is 0.551. The third kappa shape index (κ3) is 2.64. The molecule has 1 aliphatic rings.